The van der Waals surface area contributed by atoms with Crippen molar-refractivity contribution in [3.8, 4) is 0 Å². The third-order valence-corrected chi connectivity index (χ3v) is 5.57. The van der Waals surface area contributed by atoms with Gasteiger partial charge in [-0.05, 0) is 30.1 Å². The van der Waals surface area contributed by atoms with E-state index in [0.29, 0.717) is 19.4 Å². The maximum atomic E-state index is 10.6. The van der Waals surface area contributed by atoms with Gasteiger partial charge in [0.2, 0.25) is 0 Å². The average molecular weight is 428 g/mol. The van der Waals surface area contributed by atoms with Gasteiger partial charge in [0.1, 0.15) is 6.29 Å². The van der Waals surface area contributed by atoms with E-state index in [0.717, 1.165) is 49.4 Å². The molecule has 0 fully saturated rings. The fourth-order valence-electron chi connectivity index (χ4n) is 3.39. The quantitative estimate of drug-likeness (QED) is 0.146. The molecule has 0 aromatic carbocycles. The molecule has 3 nitrogen and oxygen atoms in total. The molecule has 0 aromatic heterocycles. The van der Waals surface area contributed by atoms with Crippen LogP contribution in [0, 0.1) is 16.2 Å². The van der Waals surface area contributed by atoms with E-state index in [4.69, 9.17) is 4.74 Å². The lowest BCUT2D eigenvalue weighted by Crippen LogP contribution is -2.39. The summed E-state index contributed by atoms with van der Waals surface area (Å²) in [5, 5.41) is 0. The second-order valence-electron chi connectivity index (χ2n) is 9.93. The van der Waals surface area contributed by atoms with Gasteiger partial charge in [-0.15, -0.1) is 0 Å². The van der Waals surface area contributed by atoms with E-state index in [-0.39, 0.29) is 16.2 Å². The van der Waals surface area contributed by atoms with Gasteiger partial charge in [0.05, 0.1) is 12.4 Å². The van der Waals surface area contributed by atoms with E-state index in [1.807, 2.05) is 13.8 Å². The number of hydrogen-bond donors (Lipinski definition) is 1. The van der Waals surface area contributed by atoms with Crippen LogP contribution in [-0.4, -0.2) is 36.6 Å². The molecule has 0 saturated carbocycles. The summed E-state index contributed by atoms with van der Waals surface area (Å²) in [5.41, 5.74) is 1.18. The van der Waals surface area contributed by atoms with Gasteiger partial charge in [0.15, 0.2) is 0 Å². The Morgan fingerprint density at radius 1 is 1.03 bits per heavy atom. The molecule has 1 unspecified atom stereocenters. The predicted molar refractivity (Wildman–Crippen MR) is 133 cm³/mol. The molecule has 0 bridgehead atoms. The van der Waals surface area contributed by atoms with Crippen molar-refractivity contribution in [2.45, 2.75) is 88.0 Å². The molecule has 0 amide bonds. The standard InChI is InChI=1S/C23H43NO2S.C2H6/c1-19(12-10-15-25)24(14-17-27)13-11-16-26-20(2)23(9,22(6,7)8)18-21(3,4)5;1-2/h15,27H,1-2,10-14,16-18H2,3-9H3;1-2H3. The van der Waals surface area contributed by atoms with Crippen LogP contribution in [0.25, 0.3) is 0 Å². The van der Waals surface area contributed by atoms with Gasteiger partial charge in [-0.2, -0.15) is 12.6 Å². The maximum Gasteiger partial charge on any atom is 0.120 e. The Morgan fingerprint density at radius 3 is 2.00 bits per heavy atom. The highest BCUT2D eigenvalue weighted by Crippen LogP contribution is 2.51. The summed E-state index contributed by atoms with van der Waals surface area (Å²) >= 11 is 4.33. The van der Waals surface area contributed by atoms with Gasteiger partial charge >= 0.3 is 0 Å². The number of thiol groups is 1. The minimum Gasteiger partial charge on any atom is -0.498 e. The summed E-state index contributed by atoms with van der Waals surface area (Å²) in [6.45, 7) is 30.6. The Bertz CT molecular complexity index is 488. The average Bonchev–Trinajstić information content (AvgIpc) is 2.61. The highest BCUT2D eigenvalue weighted by Gasteiger charge is 2.43. The fraction of sp³-hybridized carbons (Fsp3) is 0.800. The highest BCUT2D eigenvalue weighted by atomic mass is 32.1. The van der Waals surface area contributed by atoms with Crippen molar-refractivity contribution in [2.75, 3.05) is 25.4 Å². The monoisotopic (exact) mass is 427 g/mol. The summed E-state index contributed by atoms with van der Waals surface area (Å²) in [6, 6.07) is 0. The topological polar surface area (TPSA) is 29.5 Å². The SMILES string of the molecule is C=C(CCC=O)N(CCS)CCCOC(=C)C(C)(CC(C)(C)C)C(C)(C)C.CC. The van der Waals surface area contributed by atoms with Gasteiger partial charge in [0, 0.05) is 36.4 Å². The molecule has 0 N–H and O–H groups in total. The van der Waals surface area contributed by atoms with Crippen LogP contribution in [0.2, 0.25) is 0 Å². The first kappa shape index (κ1) is 30.3. The minimum absolute atomic E-state index is 0.0680. The second-order valence-corrected chi connectivity index (χ2v) is 10.4. The fourth-order valence-corrected chi connectivity index (χ4v) is 3.63. The molecule has 4 heteroatoms. The van der Waals surface area contributed by atoms with Gasteiger partial charge < -0.3 is 14.4 Å². The van der Waals surface area contributed by atoms with E-state index >= 15 is 0 Å². The van der Waals surface area contributed by atoms with E-state index < -0.39 is 0 Å². The maximum absolute atomic E-state index is 10.6. The molecule has 172 valence electrons. The van der Waals surface area contributed by atoms with Crippen molar-refractivity contribution < 1.29 is 9.53 Å². The largest absolute Gasteiger partial charge is 0.498 e. The molecule has 0 aliphatic heterocycles. The first-order chi connectivity index (χ1) is 13.3. The van der Waals surface area contributed by atoms with Crippen LogP contribution in [0.5, 0.6) is 0 Å². The molecule has 0 saturated heterocycles. The normalized spacial score (nSPS) is 13.6. The van der Waals surface area contributed by atoms with Crippen molar-refractivity contribution in [1.82, 2.24) is 4.90 Å². The zero-order valence-corrected chi connectivity index (χ0v) is 21.8. The molecular formula is C25H49NO2S. The minimum atomic E-state index is -0.0937. The molecule has 29 heavy (non-hydrogen) atoms. The number of carbonyl (C=O) groups excluding carboxylic acids is 1. The lowest BCUT2D eigenvalue weighted by Gasteiger charge is -2.46. The Morgan fingerprint density at radius 2 is 1.59 bits per heavy atom. The molecule has 0 heterocycles. The third kappa shape index (κ3) is 11.8. The zero-order valence-electron chi connectivity index (χ0n) is 20.9. The van der Waals surface area contributed by atoms with Gasteiger partial charge in [0.25, 0.3) is 0 Å². The van der Waals surface area contributed by atoms with Crippen LogP contribution in [0.3, 0.4) is 0 Å². The number of allylic oxidation sites excluding steroid dienone is 2. The molecule has 0 rings (SSSR count). The zero-order chi connectivity index (χ0) is 23.3. The third-order valence-electron chi connectivity index (χ3n) is 5.37. The van der Waals surface area contributed by atoms with Crippen LogP contribution in [0.15, 0.2) is 24.6 Å². The van der Waals surface area contributed by atoms with Crippen LogP contribution in [-0.2, 0) is 9.53 Å². The lowest BCUT2D eigenvalue weighted by molar-refractivity contribution is -0.107. The molecule has 0 aliphatic rings. The van der Waals surface area contributed by atoms with Crippen LogP contribution in [0.4, 0.5) is 0 Å². The summed E-state index contributed by atoms with van der Waals surface area (Å²) in [5.74, 6) is 1.65. The number of carbonyl (C=O) groups is 1. The summed E-state index contributed by atoms with van der Waals surface area (Å²) in [4.78, 5) is 12.8. The summed E-state index contributed by atoms with van der Waals surface area (Å²) in [6.07, 6.45) is 4.09. The second kappa shape index (κ2) is 14.2. The summed E-state index contributed by atoms with van der Waals surface area (Å²) < 4.78 is 6.14. The Hall–Kier alpha value is -0.900. The predicted octanol–water partition coefficient (Wildman–Crippen LogP) is 7.15. The number of hydrogen-bond acceptors (Lipinski definition) is 4. The summed E-state index contributed by atoms with van der Waals surface area (Å²) in [7, 11) is 0. The van der Waals surface area contributed by atoms with Gasteiger partial charge in [-0.3, -0.25) is 0 Å². The number of nitrogens with zero attached hydrogens (tertiary/aromatic N) is 1. The van der Waals surface area contributed by atoms with E-state index in [9.17, 15) is 4.79 Å². The van der Waals surface area contributed by atoms with Gasteiger partial charge in [-0.25, -0.2) is 0 Å². The number of rotatable bonds is 13. The Balaban J connectivity index is 0. The van der Waals surface area contributed by atoms with E-state index in [1.165, 1.54) is 0 Å². The van der Waals surface area contributed by atoms with Crippen LogP contribution in [0.1, 0.15) is 88.0 Å². The Kier molecular flexibility index (Phi) is 14.8. The molecule has 0 radical (unpaired) electrons. The molecule has 1 atom stereocenters. The molecular weight excluding hydrogens is 378 g/mol. The first-order valence-corrected chi connectivity index (χ1v) is 11.7. The smallest absolute Gasteiger partial charge is 0.120 e. The highest BCUT2D eigenvalue weighted by molar-refractivity contribution is 7.80. The van der Waals surface area contributed by atoms with Crippen molar-refractivity contribution in [3.63, 3.8) is 0 Å². The van der Waals surface area contributed by atoms with Crippen molar-refractivity contribution >= 4 is 18.9 Å². The van der Waals surface area contributed by atoms with E-state index in [1.54, 1.807) is 0 Å². The van der Waals surface area contributed by atoms with Gasteiger partial charge in [-0.1, -0.05) is 75.5 Å². The Labute approximate surface area is 187 Å². The van der Waals surface area contributed by atoms with Crippen LogP contribution < -0.4 is 0 Å². The number of aldehydes is 1. The number of ether oxygens (including phenoxy) is 1. The van der Waals surface area contributed by atoms with Crippen molar-refractivity contribution in [2.24, 2.45) is 16.2 Å². The van der Waals surface area contributed by atoms with Crippen molar-refractivity contribution in [3.05, 3.63) is 24.6 Å². The molecule has 0 spiro atoms. The molecule has 0 aliphatic carbocycles. The first-order valence-electron chi connectivity index (χ1n) is 11.1. The van der Waals surface area contributed by atoms with Crippen molar-refractivity contribution in [1.29, 1.82) is 0 Å². The molecule has 0 aromatic rings. The van der Waals surface area contributed by atoms with Crippen LogP contribution >= 0.6 is 12.6 Å². The van der Waals surface area contributed by atoms with E-state index in [2.05, 4.69) is 79.2 Å². The lowest BCUT2D eigenvalue weighted by atomic mass is 9.60.